The van der Waals surface area contributed by atoms with Gasteiger partial charge in [-0.3, -0.25) is 14.4 Å². The Hall–Kier alpha value is -3.15. The Morgan fingerprint density at radius 2 is 1.96 bits per heavy atom. The summed E-state index contributed by atoms with van der Waals surface area (Å²) in [6.07, 6.45) is 2.27. The first-order chi connectivity index (χ1) is 12.1. The van der Waals surface area contributed by atoms with E-state index in [-0.39, 0.29) is 35.6 Å². The highest BCUT2D eigenvalue weighted by atomic mass is 16.5. The molecule has 0 saturated carbocycles. The standard InChI is InChI=1S/C19H17NO5/c21-10-13-3-1-4-14(9-13)20-15(7-8-19(20)24)12-25-18-6-2-5-17(23)16(18)11-22/h1-6,9-11,15,23H,7-8,12H2. The van der Waals surface area contributed by atoms with Crippen LogP contribution in [0.1, 0.15) is 33.6 Å². The van der Waals surface area contributed by atoms with E-state index in [0.29, 0.717) is 30.4 Å². The van der Waals surface area contributed by atoms with Gasteiger partial charge in [0.05, 0.1) is 11.6 Å². The molecule has 1 atom stereocenters. The molecular formula is C19H17NO5. The van der Waals surface area contributed by atoms with Crippen LogP contribution >= 0.6 is 0 Å². The molecule has 1 aliphatic heterocycles. The highest BCUT2D eigenvalue weighted by molar-refractivity contribution is 5.97. The summed E-state index contributed by atoms with van der Waals surface area (Å²) >= 11 is 0. The fourth-order valence-electron chi connectivity index (χ4n) is 2.97. The van der Waals surface area contributed by atoms with Crippen molar-refractivity contribution in [2.75, 3.05) is 11.5 Å². The molecule has 1 heterocycles. The second-order valence-electron chi connectivity index (χ2n) is 5.79. The van der Waals surface area contributed by atoms with Crippen LogP contribution in [0.2, 0.25) is 0 Å². The molecule has 0 bridgehead atoms. The van der Waals surface area contributed by atoms with E-state index < -0.39 is 0 Å². The first-order valence-electron chi connectivity index (χ1n) is 7.91. The Bertz CT molecular complexity index is 817. The van der Waals surface area contributed by atoms with Crippen LogP contribution < -0.4 is 9.64 Å². The minimum atomic E-state index is -0.212. The van der Waals surface area contributed by atoms with Crippen LogP contribution in [0.5, 0.6) is 11.5 Å². The van der Waals surface area contributed by atoms with Crippen LogP contribution in [0, 0.1) is 0 Å². The summed E-state index contributed by atoms with van der Waals surface area (Å²) in [5.74, 6) is 0.0876. The summed E-state index contributed by atoms with van der Waals surface area (Å²) in [5, 5.41) is 9.70. The van der Waals surface area contributed by atoms with Gasteiger partial charge in [0.2, 0.25) is 5.91 Å². The number of rotatable bonds is 6. The summed E-state index contributed by atoms with van der Waals surface area (Å²) in [5.41, 5.74) is 1.22. The lowest BCUT2D eigenvalue weighted by Gasteiger charge is -2.25. The monoisotopic (exact) mass is 339 g/mol. The van der Waals surface area contributed by atoms with Gasteiger partial charge in [-0.15, -0.1) is 0 Å². The van der Waals surface area contributed by atoms with Crippen LogP contribution in [0.25, 0.3) is 0 Å². The van der Waals surface area contributed by atoms with Gasteiger partial charge in [0.15, 0.2) is 6.29 Å². The van der Waals surface area contributed by atoms with E-state index in [4.69, 9.17) is 4.74 Å². The summed E-state index contributed by atoms with van der Waals surface area (Å²) in [6.45, 7) is 0.182. The average Bonchev–Trinajstić information content (AvgIpc) is 3.00. The number of phenols is 1. The molecule has 1 fully saturated rings. The number of amides is 1. The van der Waals surface area contributed by atoms with Crippen molar-refractivity contribution in [2.45, 2.75) is 18.9 Å². The summed E-state index contributed by atoms with van der Waals surface area (Å²) in [4.78, 5) is 36.0. The third-order valence-electron chi connectivity index (χ3n) is 4.20. The van der Waals surface area contributed by atoms with Crippen molar-refractivity contribution in [3.05, 3.63) is 53.6 Å². The molecule has 6 nitrogen and oxygen atoms in total. The number of hydrogen-bond donors (Lipinski definition) is 1. The maximum Gasteiger partial charge on any atom is 0.227 e. The number of carbonyl (C=O) groups is 3. The predicted molar refractivity (Wildman–Crippen MR) is 91.3 cm³/mol. The molecule has 25 heavy (non-hydrogen) atoms. The number of ether oxygens (including phenoxy) is 1. The first-order valence-corrected chi connectivity index (χ1v) is 7.91. The fraction of sp³-hybridized carbons (Fsp3) is 0.211. The second-order valence-corrected chi connectivity index (χ2v) is 5.79. The molecule has 0 aliphatic carbocycles. The van der Waals surface area contributed by atoms with Gasteiger partial charge in [-0.2, -0.15) is 0 Å². The van der Waals surface area contributed by atoms with Gasteiger partial charge < -0.3 is 14.7 Å². The number of anilines is 1. The molecule has 128 valence electrons. The number of benzene rings is 2. The third-order valence-corrected chi connectivity index (χ3v) is 4.20. The second kappa shape index (κ2) is 7.17. The molecule has 1 aliphatic rings. The maximum atomic E-state index is 12.3. The van der Waals surface area contributed by atoms with E-state index in [9.17, 15) is 19.5 Å². The Balaban J connectivity index is 1.80. The van der Waals surface area contributed by atoms with Gasteiger partial charge >= 0.3 is 0 Å². The van der Waals surface area contributed by atoms with E-state index in [1.807, 2.05) is 0 Å². The first kappa shape index (κ1) is 16.7. The number of aromatic hydroxyl groups is 1. The largest absolute Gasteiger partial charge is 0.507 e. The van der Waals surface area contributed by atoms with Gasteiger partial charge in [-0.25, -0.2) is 0 Å². The molecule has 0 aromatic heterocycles. The van der Waals surface area contributed by atoms with Crippen molar-refractivity contribution < 1.29 is 24.2 Å². The molecule has 1 saturated heterocycles. The number of phenolic OH excluding ortho intramolecular Hbond substituents is 1. The lowest BCUT2D eigenvalue weighted by atomic mass is 10.1. The zero-order valence-corrected chi connectivity index (χ0v) is 13.4. The van der Waals surface area contributed by atoms with Gasteiger partial charge in [0, 0.05) is 17.7 Å². The van der Waals surface area contributed by atoms with Gasteiger partial charge in [0.25, 0.3) is 0 Å². The van der Waals surface area contributed by atoms with E-state index in [0.717, 1.165) is 6.29 Å². The topological polar surface area (TPSA) is 83.9 Å². The van der Waals surface area contributed by atoms with Crippen molar-refractivity contribution in [3.8, 4) is 11.5 Å². The van der Waals surface area contributed by atoms with E-state index >= 15 is 0 Å². The van der Waals surface area contributed by atoms with Crippen LogP contribution in [0.15, 0.2) is 42.5 Å². The highest BCUT2D eigenvalue weighted by Gasteiger charge is 2.33. The Morgan fingerprint density at radius 1 is 1.16 bits per heavy atom. The van der Waals surface area contributed by atoms with Crippen molar-refractivity contribution >= 4 is 24.2 Å². The van der Waals surface area contributed by atoms with Crippen LogP contribution in [-0.2, 0) is 4.79 Å². The van der Waals surface area contributed by atoms with Crippen molar-refractivity contribution in [3.63, 3.8) is 0 Å². The highest BCUT2D eigenvalue weighted by Crippen LogP contribution is 2.30. The summed E-state index contributed by atoms with van der Waals surface area (Å²) < 4.78 is 5.69. The maximum absolute atomic E-state index is 12.3. The molecule has 6 heteroatoms. The Labute approximate surface area is 144 Å². The van der Waals surface area contributed by atoms with E-state index in [1.165, 1.54) is 6.07 Å². The molecule has 1 amide bonds. The van der Waals surface area contributed by atoms with E-state index in [2.05, 4.69) is 0 Å². The number of hydrogen-bond acceptors (Lipinski definition) is 5. The number of carbonyl (C=O) groups excluding carboxylic acids is 3. The molecule has 0 radical (unpaired) electrons. The molecular weight excluding hydrogens is 322 g/mol. The quantitative estimate of drug-likeness (QED) is 0.818. The van der Waals surface area contributed by atoms with Crippen LogP contribution in [-0.4, -0.2) is 36.2 Å². The molecule has 3 rings (SSSR count). The Morgan fingerprint density at radius 3 is 2.72 bits per heavy atom. The summed E-state index contributed by atoms with van der Waals surface area (Å²) in [6, 6.07) is 11.2. The van der Waals surface area contributed by atoms with Gasteiger partial charge in [-0.1, -0.05) is 18.2 Å². The average molecular weight is 339 g/mol. The zero-order valence-electron chi connectivity index (χ0n) is 13.4. The lowest BCUT2D eigenvalue weighted by molar-refractivity contribution is -0.117. The van der Waals surface area contributed by atoms with Crippen LogP contribution in [0.4, 0.5) is 5.69 Å². The minimum absolute atomic E-state index is 0.0387. The zero-order chi connectivity index (χ0) is 17.8. The molecule has 2 aromatic rings. The Kier molecular flexibility index (Phi) is 4.79. The van der Waals surface area contributed by atoms with Crippen molar-refractivity contribution in [1.82, 2.24) is 0 Å². The van der Waals surface area contributed by atoms with Gasteiger partial charge in [-0.05, 0) is 30.7 Å². The SMILES string of the molecule is O=Cc1cccc(N2C(=O)CCC2COc2cccc(O)c2C=O)c1. The summed E-state index contributed by atoms with van der Waals surface area (Å²) in [7, 11) is 0. The van der Waals surface area contributed by atoms with E-state index in [1.54, 1.807) is 41.3 Å². The smallest absolute Gasteiger partial charge is 0.227 e. The molecule has 1 N–H and O–H groups in total. The minimum Gasteiger partial charge on any atom is -0.507 e. The van der Waals surface area contributed by atoms with Gasteiger partial charge in [0.1, 0.15) is 24.4 Å². The third kappa shape index (κ3) is 3.38. The fourth-order valence-corrected chi connectivity index (χ4v) is 2.97. The predicted octanol–water partition coefficient (Wildman–Crippen LogP) is 2.59. The van der Waals surface area contributed by atoms with Crippen molar-refractivity contribution in [1.29, 1.82) is 0 Å². The van der Waals surface area contributed by atoms with Crippen molar-refractivity contribution in [2.24, 2.45) is 0 Å². The van der Waals surface area contributed by atoms with Crippen LogP contribution in [0.3, 0.4) is 0 Å². The lowest BCUT2D eigenvalue weighted by Crippen LogP contribution is -2.37. The normalized spacial score (nSPS) is 16.7. The number of nitrogens with zero attached hydrogens (tertiary/aromatic N) is 1. The number of aldehydes is 2. The molecule has 0 spiro atoms. The molecule has 1 unspecified atom stereocenters. The molecule has 2 aromatic carbocycles.